The van der Waals surface area contributed by atoms with E-state index in [2.05, 4.69) is 25.4 Å². The van der Waals surface area contributed by atoms with Gasteiger partial charge in [-0.2, -0.15) is 5.10 Å². The van der Waals surface area contributed by atoms with Crippen molar-refractivity contribution in [2.45, 2.75) is 33.4 Å². The number of aryl methyl sites for hydroxylation is 2. The lowest BCUT2D eigenvalue weighted by Crippen LogP contribution is -2.35. The predicted molar refractivity (Wildman–Crippen MR) is 99.1 cm³/mol. The standard InChI is InChI=1S/C17H20N6O.CH2O2/c1-11(8-23-10-18-9-19-23)20-17(24)15-6-4-14(5-7-15)16-12(2)21-13(3)22-16;2-1-3/h4-7,9-11H,8H2,1-3H3,(H,20,24)(H,21,22);1H,(H,2,3). The number of aromatic amines is 1. The third kappa shape index (κ3) is 5.50. The van der Waals surface area contributed by atoms with Gasteiger partial charge in [0.1, 0.15) is 18.5 Å². The first-order chi connectivity index (χ1) is 12.9. The number of carboxylic acid groups (broad SMARTS) is 1. The van der Waals surface area contributed by atoms with Gasteiger partial charge in [-0.15, -0.1) is 0 Å². The van der Waals surface area contributed by atoms with Gasteiger partial charge in [-0.1, -0.05) is 12.1 Å². The highest BCUT2D eigenvalue weighted by Gasteiger charge is 2.12. The number of rotatable bonds is 5. The van der Waals surface area contributed by atoms with Gasteiger partial charge >= 0.3 is 0 Å². The van der Waals surface area contributed by atoms with E-state index in [-0.39, 0.29) is 18.4 Å². The summed E-state index contributed by atoms with van der Waals surface area (Å²) in [6.07, 6.45) is 3.11. The largest absolute Gasteiger partial charge is 0.483 e. The summed E-state index contributed by atoms with van der Waals surface area (Å²) in [7, 11) is 0. The number of nitrogens with zero attached hydrogens (tertiary/aromatic N) is 4. The summed E-state index contributed by atoms with van der Waals surface area (Å²) in [5.74, 6) is 0.773. The number of carbonyl (C=O) groups excluding carboxylic acids is 1. The number of hydrogen-bond acceptors (Lipinski definition) is 5. The second-order valence-corrected chi connectivity index (χ2v) is 5.97. The first kappa shape index (κ1) is 19.8. The third-order valence-corrected chi connectivity index (χ3v) is 3.73. The Kier molecular flexibility index (Phi) is 6.81. The summed E-state index contributed by atoms with van der Waals surface area (Å²) in [5, 5.41) is 13.9. The van der Waals surface area contributed by atoms with Gasteiger partial charge in [-0.05, 0) is 32.9 Å². The molecule has 2 heterocycles. The Bertz CT molecular complexity index is 871. The lowest BCUT2D eigenvalue weighted by Gasteiger charge is -2.13. The van der Waals surface area contributed by atoms with Crippen LogP contribution in [0.25, 0.3) is 11.3 Å². The monoisotopic (exact) mass is 370 g/mol. The minimum atomic E-state index is -0.250. The number of carbonyl (C=O) groups is 2. The molecule has 0 saturated heterocycles. The molecule has 3 aromatic rings. The van der Waals surface area contributed by atoms with Crippen LogP contribution in [0.2, 0.25) is 0 Å². The molecule has 142 valence electrons. The molecule has 0 spiro atoms. The molecular weight excluding hydrogens is 348 g/mol. The Labute approximate surface area is 156 Å². The minimum Gasteiger partial charge on any atom is -0.483 e. The highest BCUT2D eigenvalue weighted by Crippen LogP contribution is 2.21. The van der Waals surface area contributed by atoms with Crippen LogP contribution < -0.4 is 5.32 Å². The maximum Gasteiger partial charge on any atom is 0.290 e. The van der Waals surface area contributed by atoms with Gasteiger partial charge in [0, 0.05) is 22.9 Å². The first-order valence-electron chi connectivity index (χ1n) is 8.29. The van der Waals surface area contributed by atoms with E-state index in [1.807, 2.05) is 45.0 Å². The maximum absolute atomic E-state index is 12.3. The minimum absolute atomic E-state index is 0.0462. The van der Waals surface area contributed by atoms with Crippen molar-refractivity contribution in [3.8, 4) is 11.3 Å². The number of hydrogen-bond donors (Lipinski definition) is 3. The molecule has 0 bridgehead atoms. The zero-order chi connectivity index (χ0) is 19.8. The van der Waals surface area contributed by atoms with Gasteiger partial charge in [-0.25, -0.2) is 9.97 Å². The van der Waals surface area contributed by atoms with E-state index in [4.69, 9.17) is 9.90 Å². The molecule has 1 atom stereocenters. The van der Waals surface area contributed by atoms with Gasteiger partial charge < -0.3 is 15.4 Å². The van der Waals surface area contributed by atoms with Crippen LogP contribution in [0, 0.1) is 13.8 Å². The Morgan fingerprint density at radius 1 is 1.33 bits per heavy atom. The number of aromatic nitrogens is 5. The molecule has 1 amide bonds. The average molecular weight is 370 g/mol. The molecule has 27 heavy (non-hydrogen) atoms. The summed E-state index contributed by atoms with van der Waals surface area (Å²) >= 11 is 0. The van der Waals surface area contributed by atoms with Crippen LogP contribution in [0.5, 0.6) is 0 Å². The predicted octanol–water partition coefficient (Wildman–Crippen LogP) is 1.80. The molecular formula is C18H22N6O3. The van der Waals surface area contributed by atoms with Crippen molar-refractivity contribution >= 4 is 12.4 Å². The molecule has 0 saturated carbocycles. The van der Waals surface area contributed by atoms with Crippen molar-refractivity contribution in [1.29, 1.82) is 0 Å². The maximum atomic E-state index is 12.3. The number of amides is 1. The number of H-pyrrole nitrogens is 1. The lowest BCUT2D eigenvalue weighted by atomic mass is 10.1. The summed E-state index contributed by atoms with van der Waals surface area (Å²) in [5.41, 5.74) is 3.54. The molecule has 1 unspecified atom stereocenters. The second-order valence-electron chi connectivity index (χ2n) is 5.97. The molecule has 0 aliphatic heterocycles. The van der Waals surface area contributed by atoms with Crippen LogP contribution in [-0.2, 0) is 11.3 Å². The van der Waals surface area contributed by atoms with Gasteiger partial charge in [0.2, 0.25) is 0 Å². The zero-order valence-corrected chi connectivity index (χ0v) is 15.4. The fourth-order valence-corrected chi connectivity index (χ4v) is 2.63. The average Bonchev–Trinajstić information content (AvgIpc) is 3.24. The van der Waals surface area contributed by atoms with Gasteiger partial charge in [0.25, 0.3) is 12.4 Å². The van der Waals surface area contributed by atoms with Crippen LogP contribution in [0.1, 0.15) is 28.8 Å². The zero-order valence-electron chi connectivity index (χ0n) is 15.4. The highest BCUT2D eigenvalue weighted by atomic mass is 16.3. The molecule has 9 heteroatoms. The third-order valence-electron chi connectivity index (χ3n) is 3.73. The smallest absolute Gasteiger partial charge is 0.290 e. The van der Waals surface area contributed by atoms with Crippen LogP contribution >= 0.6 is 0 Å². The van der Waals surface area contributed by atoms with E-state index >= 15 is 0 Å². The summed E-state index contributed by atoms with van der Waals surface area (Å²) in [6, 6.07) is 7.42. The first-order valence-corrected chi connectivity index (χ1v) is 8.29. The topological polar surface area (TPSA) is 126 Å². The Morgan fingerprint density at radius 2 is 2.00 bits per heavy atom. The normalized spacial score (nSPS) is 11.2. The number of benzene rings is 1. The van der Waals surface area contributed by atoms with E-state index in [9.17, 15) is 4.79 Å². The fourth-order valence-electron chi connectivity index (χ4n) is 2.63. The number of nitrogens with one attached hydrogen (secondary N) is 2. The lowest BCUT2D eigenvalue weighted by molar-refractivity contribution is -0.122. The second kappa shape index (κ2) is 9.27. The molecule has 0 aliphatic carbocycles. The molecule has 0 aliphatic rings. The quantitative estimate of drug-likeness (QED) is 0.588. The van der Waals surface area contributed by atoms with Crippen LogP contribution in [-0.4, -0.2) is 48.3 Å². The fraction of sp³-hybridized carbons (Fsp3) is 0.278. The molecule has 1 aromatic carbocycles. The van der Waals surface area contributed by atoms with E-state index in [1.165, 1.54) is 6.33 Å². The summed E-state index contributed by atoms with van der Waals surface area (Å²) < 4.78 is 1.69. The van der Waals surface area contributed by atoms with E-state index in [0.29, 0.717) is 12.1 Å². The van der Waals surface area contributed by atoms with Gasteiger partial charge in [-0.3, -0.25) is 14.3 Å². The molecule has 0 fully saturated rings. The summed E-state index contributed by atoms with van der Waals surface area (Å²) in [4.78, 5) is 32.2. The SMILES string of the molecule is Cc1nc(-c2ccc(C(=O)NC(C)Cn3cncn3)cc2)c(C)[nH]1.O=CO. The van der Waals surface area contributed by atoms with Gasteiger partial charge in [0.15, 0.2) is 0 Å². The molecule has 2 aromatic heterocycles. The van der Waals surface area contributed by atoms with Gasteiger partial charge in [0.05, 0.1) is 12.2 Å². The van der Waals surface area contributed by atoms with E-state index < -0.39 is 0 Å². The summed E-state index contributed by atoms with van der Waals surface area (Å²) in [6.45, 7) is 6.18. The molecule has 0 radical (unpaired) electrons. The van der Waals surface area contributed by atoms with Crippen LogP contribution in [0.3, 0.4) is 0 Å². The molecule has 3 rings (SSSR count). The molecule has 9 nitrogen and oxygen atoms in total. The Morgan fingerprint density at radius 3 is 2.52 bits per heavy atom. The van der Waals surface area contributed by atoms with Crippen molar-refractivity contribution < 1.29 is 14.7 Å². The van der Waals surface area contributed by atoms with Crippen molar-refractivity contribution in [3.63, 3.8) is 0 Å². The van der Waals surface area contributed by atoms with E-state index in [1.54, 1.807) is 11.0 Å². The highest BCUT2D eigenvalue weighted by molar-refractivity contribution is 5.94. The Hall–Kier alpha value is -3.49. The van der Waals surface area contributed by atoms with Crippen molar-refractivity contribution in [2.75, 3.05) is 0 Å². The Balaban J connectivity index is 0.000000817. The van der Waals surface area contributed by atoms with Crippen molar-refractivity contribution in [3.05, 3.63) is 54.0 Å². The molecule has 3 N–H and O–H groups in total. The number of imidazole rings is 1. The van der Waals surface area contributed by atoms with Crippen molar-refractivity contribution in [1.82, 2.24) is 30.0 Å². The van der Waals surface area contributed by atoms with E-state index in [0.717, 1.165) is 22.8 Å². The van der Waals surface area contributed by atoms with Crippen LogP contribution in [0.4, 0.5) is 0 Å². The van der Waals surface area contributed by atoms with Crippen LogP contribution in [0.15, 0.2) is 36.9 Å². The van der Waals surface area contributed by atoms with Crippen molar-refractivity contribution in [2.24, 2.45) is 0 Å².